The molecule has 1 aromatic heterocycles. The second-order valence-electron chi connectivity index (χ2n) is 6.97. The minimum atomic E-state index is -5.08. The van der Waals surface area contributed by atoms with Crippen molar-refractivity contribution in [3.63, 3.8) is 0 Å². The first-order valence-electron chi connectivity index (χ1n) is 9.13. The number of nitrogens with one attached hydrogen (secondary N) is 1. The molecule has 0 unspecified atom stereocenters. The minimum Gasteiger partial charge on any atom is -0.475 e. The number of hydrogen-bond donors (Lipinski definition) is 2. The number of halogens is 3. The second kappa shape index (κ2) is 10.9. The first-order chi connectivity index (χ1) is 13.7. The number of ether oxygens (including phenoxy) is 2. The van der Waals surface area contributed by atoms with Crippen LogP contribution in [0.3, 0.4) is 0 Å². The van der Waals surface area contributed by atoms with Crippen LogP contribution in [-0.2, 0) is 25.6 Å². The van der Waals surface area contributed by atoms with Gasteiger partial charge in [-0.2, -0.15) is 24.5 Å². The predicted molar refractivity (Wildman–Crippen MR) is 99.6 cm³/mol. The van der Waals surface area contributed by atoms with E-state index in [-0.39, 0.29) is 12.0 Å². The third-order valence-electron chi connectivity index (χ3n) is 4.66. The van der Waals surface area contributed by atoms with Gasteiger partial charge in [0.25, 0.3) is 0 Å². The number of carboxylic acid groups (broad SMARTS) is 1. The molecule has 3 rings (SSSR count). The number of thiophene rings is 1. The molecule has 2 aliphatic rings. The summed E-state index contributed by atoms with van der Waals surface area (Å²) in [6.07, 6.45) is -3.22. The summed E-state index contributed by atoms with van der Waals surface area (Å²) in [6.45, 7) is 4.22. The summed E-state index contributed by atoms with van der Waals surface area (Å²) in [5.41, 5.74) is 1.39. The van der Waals surface area contributed by atoms with Crippen molar-refractivity contribution < 1.29 is 37.3 Å². The highest BCUT2D eigenvalue weighted by Crippen LogP contribution is 2.34. The largest absolute Gasteiger partial charge is 0.490 e. The van der Waals surface area contributed by atoms with E-state index < -0.39 is 12.1 Å². The van der Waals surface area contributed by atoms with Crippen LogP contribution in [0.5, 0.6) is 0 Å². The second-order valence-corrected chi connectivity index (χ2v) is 7.75. The van der Waals surface area contributed by atoms with E-state index in [0.717, 1.165) is 26.1 Å². The van der Waals surface area contributed by atoms with Gasteiger partial charge in [-0.05, 0) is 28.8 Å². The fraction of sp³-hybridized carbons (Fsp3) is 0.667. The highest BCUT2D eigenvalue weighted by Gasteiger charge is 2.42. The quantitative estimate of drug-likeness (QED) is 0.634. The van der Waals surface area contributed by atoms with Gasteiger partial charge in [0, 0.05) is 39.2 Å². The van der Waals surface area contributed by atoms with Crippen LogP contribution in [0.1, 0.15) is 18.4 Å². The van der Waals surface area contributed by atoms with Gasteiger partial charge < -0.3 is 19.9 Å². The Morgan fingerprint density at radius 1 is 1.41 bits per heavy atom. The third-order valence-corrected chi connectivity index (χ3v) is 5.39. The van der Waals surface area contributed by atoms with Crippen LogP contribution in [0.4, 0.5) is 13.2 Å². The van der Waals surface area contributed by atoms with Gasteiger partial charge in [-0.15, -0.1) is 0 Å². The summed E-state index contributed by atoms with van der Waals surface area (Å²) in [6, 6.07) is 2.19. The van der Waals surface area contributed by atoms with Crippen LogP contribution in [-0.4, -0.2) is 73.6 Å². The van der Waals surface area contributed by atoms with Crippen LogP contribution in [0.15, 0.2) is 16.8 Å². The van der Waals surface area contributed by atoms with Gasteiger partial charge in [-0.25, -0.2) is 4.79 Å². The molecule has 11 heteroatoms. The molecule has 0 bridgehead atoms. The van der Waals surface area contributed by atoms with Crippen LogP contribution in [0.25, 0.3) is 0 Å². The summed E-state index contributed by atoms with van der Waals surface area (Å²) in [7, 11) is 1.63. The Morgan fingerprint density at radius 3 is 2.69 bits per heavy atom. The van der Waals surface area contributed by atoms with Gasteiger partial charge in [0.2, 0.25) is 5.91 Å². The number of carbonyl (C=O) groups excluding carboxylic acids is 1. The molecule has 0 radical (unpaired) electrons. The molecule has 0 aliphatic carbocycles. The Morgan fingerprint density at radius 2 is 2.14 bits per heavy atom. The van der Waals surface area contributed by atoms with Crippen LogP contribution < -0.4 is 5.32 Å². The van der Waals surface area contributed by atoms with Crippen molar-refractivity contribution in [3.05, 3.63) is 22.4 Å². The van der Waals surface area contributed by atoms with E-state index in [1.54, 1.807) is 18.4 Å². The van der Waals surface area contributed by atoms with Gasteiger partial charge in [-0.1, -0.05) is 0 Å². The summed E-state index contributed by atoms with van der Waals surface area (Å²) in [5, 5.41) is 14.3. The predicted octanol–water partition coefficient (Wildman–Crippen LogP) is 2.12. The molecular weight excluding hydrogens is 413 g/mol. The lowest BCUT2D eigenvalue weighted by Crippen LogP contribution is -2.31. The maximum atomic E-state index is 11.8. The number of nitrogens with zero attached hydrogens (tertiary/aromatic N) is 1. The molecule has 1 aromatic rings. The average Bonchev–Trinajstić information content (AvgIpc) is 3.32. The van der Waals surface area contributed by atoms with Crippen molar-refractivity contribution in [2.75, 3.05) is 33.4 Å². The number of carboxylic acids is 1. The summed E-state index contributed by atoms with van der Waals surface area (Å²) >= 11 is 1.75. The fourth-order valence-electron chi connectivity index (χ4n) is 3.42. The lowest BCUT2D eigenvalue weighted by atomic mass is 10.0. The van der Waals surface area contributed by atoms with Crippen molar-refractivity contribution in [1.29, 1.82) is 0 Å². The first-order valence-corrected chi connectivity index (χ1v) is 10.1. The Balaban J connectivity index is 0.000000370. The number of amides is 1. The average molecular weight is 438 g/mol. The van der Waals surface area contributed by atoms with Gasteiger partial charge in [0.15, 0.2) is 0 Å². The van der Waals surface area contributed by atoms with Crippen molar-refractivity contribution >= 4 is 23.2 Å². The molecule has 0 spiro atoms. The molecule has 1 amide bonds. The normalized spacial score (nSPS) is 23.9. The molecule has 2 N–H and O–H groups in total. The van der Waals surface area contributed by atoms with Crippen molar-refractivity contribution in [2.45, 2.75) is 37.8 Å². The van der Waals surface area contributed by atoms with Crippen molar-refractivity contribution in [1.82, 2.24) is 10.2 Å². The van der Waals surface area contributed by atoms with Gasteiger partial charge in [0.1, 0.15) is 0 Å². The minimum absolute atomic E-state index is 0.0668. The highest BCUT2D eigenvalue weighted by molar-refractivity contribution is 7.07. The lowest BCUT2D eigenvalue weighted by molar-refractivity contribution is -0.192. The Hall–Kier alpha value is -1.69. The maximum absolute atomic E-state index is 11.8. The molecular formula is C18H25F3N2O5S. The Kier molecular flexibility index (Phi) is 8.87. The summed E-state index contributed by atoms with van der Waals surface area (Å²) in [4.78, 5) is 23.2. The zero-order chi connectivity index (χ0) is 21.4. The Labute approximate surface area is 170 Å². The number of rotatable bonds is 7. The number of alkyl halides is 3. The molecule has 0 aromatic carbocycles. The Bertz CT molecular complexity index is 642. The van der Waals surface area contributed by atoms with Crippen LogP contribution >= 0.6 is 11.3 Å². The first kappa shape index (κ1) is 23.6. The van der Waals surface area contributed by atoms with Crippen molar-refractivity contribution in [3.8, 4) is 0 Å². The van der Waals surface area contributed by atoms with E-state index in [1.165, 1.54) is 5.56 Å². The van der Waals surface area contributed by atoms with E-state index in [4.69, 9.17) is 19.4 Å². The molecule has 3 atom stereocenters. The molecule has 29 heavy (non-hydrogen) atoms. The fourth-order valence-corrected chi connectivity index (χ4v) is 4.08. The number of hydrogen-bond acceptors (Lipinski definition) is 6. The SMILES string of the molecule is COCCNC(=O)C[C@H]1C[C@H]2CN(Cc3ccsc3)C[C@H]2O1.O=C(O)C(F)(F)F. The third kappa shape index (κ3) is 7.92. The lowest BCUT2D eigenvalue weighted by Gasteiger charge is -2.18. The van der Waals surface area contributed by atoms with Gasteiger partial charge >= 0.3 is 12.1 Å². The van der Waals surface area contributed by atoms with E-state index in [0.29, 0.717) is 31.6 Å². The van der Waals surface area contributed by atoms with Gasteiger partial charge in [-0.3, -0.25) is 9.69 Å². The molecule has 3 heterocycles. The summed E-state index contributed by atoms with van der Waals surface area (Å²) in [5.74, 6) is -2.11. The molecule has 2 saturated heterocycles. The van der Waals surface area contributed by atoms with E-state index in [1.807, 2.05) is 0 Å². The smallest absolute Gasteiger partial charge is 0.475 e. The van der Waals surface area contributed by atoms with Gasteiger partial charge in [0.05, 0.1) is 25.2 Å². The van der Waals surface area contributed by atoms with Crippen LogP contribution in [0.2, 0.25) is 0 Å². The number of carbonyl (C=O) groups is 2. The number of methoxy groups -OCH3 is 1. The highest BCUT2D eigenvalue weighted by atomic mass is 32.1. The van der Waals surface area contributed by atoms with Crippen molar-refractivity contribution in [2.24, 2.45) is 5.92 Å². The zero-order valence-corrected chi connectivity index (χ0v) is 16.8. The molecule has 2 fully saturated rings. The van der Waals surface area contributed by atoms with E-state index >= 15 is 0 Å². The number of aliphatic carboxylic acids is 1. The summed E-state index contributed by atoms with van der Waals surface area (Å²) < 4.78 is 42.7. The van der Waals surface area contributed by atoms with Crippen LogP contribution in [0, 0.1) is 5.92 Å². The molecule has 164 valence electrons. The monoisotopic (exact) mass is 438 g/mol. The van der Waals surface area contributed by atoms with E-state index in [9.17, 15) is 18.0 Å². The zero-order valence-electron chi connectivity index (χ0n) is 16.0. The topological polar surface area (TPSA) is 88.1 Å². The maximum Gasteiger partial charge on any atom is 0.490 e. The number of fused-ring (bicyclic) bond motifs is 1. The molecule has 2 aliphatic heterocycles. The standard InChI is InChI=1S/C16H24N2O3S.C2HF3O2/c1-20-4-3-17-16(19)7-14-6-13-9-18(10-15(13)21-14)8-12-2-5-22-11-12;3-2(4,5)1(6)7/h2,5,11,13-15H,3-4,6-10H2,1H3,(H,17,19);(H,6,7)/t13-,14+,15+;/m0./s1. The molecule has 7 nitrogen and oxygen atoms in total. The van der Waals surface area contributed by atoms with E-state index in [2.05, 4.69) is 27.0 Å². The molecule has 0 saturated carbocycles. The number of likely N-dealkylation sites (tertiary alicyclic amines) is 1.